The molecule has 2 amide bonds. The summed E-state index contributed by atoms with van der Waals surface area (Å²) in [4.78, 5) is 23.5. The van der Waals surface area contributed by atoms with E-state index in [-0.39, 0.29) is 36.3 Å². The van der Waals surface area contributed by atoms with Crippen molar-refractivity contribution < 1.29 is 9.59 Å². The van der Waals surface area contributed by atoms with Crippen molar-refractivity contribution in [3.63, 3.8) is 0 Å². The first kappa shape index (κ1) is 18.2. The summed E-state index contributed by atoms with van der Waals surface area (Å²) < 4.78 is 0. The van der Waals surface area contributed by atoms with Crippen molar-refractivity contribution in [1.82, 2.24) is 16.0 Å². The lowest BCUT2D eigenvalue weighted by molar-refractivity contribution is -0.129. The lowest BCUT2D eigenvalue weighted by atomic mass is 10.1. The Balaban J connectivity index is 0.00000324. The molecule has 1 aliphatic heterocycles. The minimum absolute atomic E-state index is 0. The topological polar surface area (TPSA) is 70.2 Å². The van der Waals surface area contributed by atoms with E-state index in [4.69, 9.17) is 0 Å². The Hall–Kier alpha value is -0.810. The molecule has 0 spiro atoms. The van der Waals surface area contributed by atoms with E-state index in [2.05, 4.69) is 16.0 Å². The van der Waals surface area contributed by atoms with Crippen LogP contribution in [0.15, 0.2) is 0 Å². The Morgan fingerprint density at radius 2 is 2.00 bits per heavy atom. The Kier molecular flexibility index (Phi) is 8.76. The monoisotopic (exact) mass is 291 g/mol. The minimum Gasteiger partial charge on any atom is -0.352 e. The maximum absolute atomic E-state index is 11.7. The molecule has 1 aliphatic rings. The van der Waals surface area contributed by atoms with Gasteiger partial charge in [-0.25, -0.2) is 0 Å². The molecule has 6 heteroatoms. The van der Waals surface area contributed by atoms with Crippen molar-refractivity contribution in [3.05, 3.63) is 0 Å². The molecule has 3 unspecified atom stereocenters. The molecule has 0 aliphatic carbocycles. The van der Waals surface area contributed by atoms with E-state index in [0.29, 0.717) is 6.42 Å². The molecule has 5 nitrogen and oxygen atoms in total. The van der Waals surface area contributed by atoms with Crippen LogP contribution < -0.4 is 16.0 Å². The average molecular weight is 292 g/mol. The highest BCUT2D eigenvalue weighted by molar-refractivity contribution is 5.87. The predicted molar refractivity (Wildman–Crippen MR) is 78.4 cm³/mol. The SMILES string of the molecule is CCC(C)NC(=O)C(C)NC(=O)CC1CCCN1.Cl. The van der Waals surface area contributed by atoms with Crippen molar-refractivity contribution >= 4 is 24.2 Å². The molecule has 0 radical (unpaired) electrons. The van der Waals surface area contributed by atoms with Gasteiger partial charge in [0.1, 0.15) is 6.04 Å². The molecule has 0 aromatic carbocycles. The van der Waals surface area contributed by atoms with Crippen molar-refractivity contribution in [3.8, 4) is 0 Å². The molecule has 0 bridgehead atoms. The van der Waals surface area contributed by atoms with Crippen LogP contribution in [-0.4, -0.2) is 36.5 Å². The molecule has 1 saturated heterocycles. The zero-order valence-electron chi connectivity index (χ0n) is 12.0. The van der Waals surface area contributed by atoms with Crippen LogP contribution in [0.1, 0.15) is 46.5 Å². The summed E-state index contributed by atoms with van der Waals surface area (Å²) in [7, 11) is 0. The van der Waals surface area contributed by atoms with Gasteiger partial charge < -0.3 is 16.0 Å². The molecule has 0 aromatic rings. The Bertz CT molecular complexity index is 294. The van der Waals surface area contributed by atoms with Crippen LogP contribution in [-0.2, 0) is 9.59 Å². The standard InChI is InChI=1S/C13H25N3O2.ClH/c1-4-9(2)15-13(18)10(3)16-12(17)8-11-6-5-7-14-11;/h9-11,14H,4-8H2,1-3H3,(H,15,18)(H,16,17);1H. The fraction of sp³-hybridized carbons (Fsp3) is 0.846. The van der Waals surface area contributed by atoms with Gasteiger partial charge >= 0.3 is 0 Å². The van der Waals surface area contributed by atoms with Crippen LogP contribution in [0.2, 0.25) is 0 Å². The van der Waals surface area contributed by atoms with E-state index < -0.39 is 6.04 Å². The smallest absolute Gasteiger partial charge is 0.242 e. The van der Waals surface area contributed by atoms with E-state index >= 15 is 0 Å². The van der Waals surface area contributed by atoms with Crippen LogP contribution >= 0.6 is 12.4 Å². The third kappa shape index (κ3) is 6.78. The molecule has 0 saturated carbocycles. The number of nitrogens with one attached hydrogen (secondary N) is 3. The van der Waals surface area contributed by atoms with Gasteiger partial charge in [0.2, 0.25) is 11.8 Å². The van der Waals surface area contributed by atoms with Crippen molar-refractivity contribution in [2.75, 3.05) is 6.54 Å². The predicted octanol–water partition coefficient (Wildman–Crippen LogP) is 0.970. The second-order valence-electron chi connectivity index (χ2n) is 5.10. The summed E-state index contributed by atoms with van der Waals surface area (Å²) in [6, 6.07) is -0.0453. The molecule has 1 rings (SSSR count). The summed E-state index contributed by atoms with van der Waals surface area (Å²) >= 11 is 0. The first-order valence-corrected chi connectivity index (χ1v) is 6.86. The summed E-state index contributed by atoms with van der Waals surface area (Å²) in [6.45, 7) is 6.68. The fourth-order valence-corrected chi connectivity index (χ4v) is 1.99. The number of rotatable bonds is 6. The third-order valence-electron chi connectivity index (χ3n) is 3.37. The lowest BCUT2D eigenvalue weighted by Gasteiger charge is -2.18. The summed E-state index contributed by atoms with van der Waals surface area (Å²) in [5.41, 5.74) is 0. The second-order valence-corrected chi connectivity index (χ2v) is 5.10. The van der Waals surface area contributed by atoms with Crippen molar-refractivity contribution in [1.29, 1.82) is 0 Å². The van der Waals surface area contributed by atoms with E-state index in [1.54, 1.807) is 6.92 Å². The van der Waals surface area contributed by atoms with Gasteiger partial charge in [-0.1, -0.05) is 6.92 Å². The van der Waals surface area contributed by atoms with Crippen LogP contribution in [0.4, 0.5) is 0 Å². The molecule has 112 valence electrons. The maximum atomic E-state index is 11.7. The minimum atomic E-state index is -0.465. The van der Waals surface area contributed by atoms with Gasteiger partial charge in [-0.05, 0) is 39.7 Å². The number of carbonyl (C=O) groups is 2. The maximum Gasteiger partial charge on any atom is 0.242 e. The number of carbonyl (C=O) groups excluding carboxylic acids is 2. The molecule has 3 N–H and O–H groups in total. The van der Waals surface area contributed by atoms with Crippen molar-refractivity contribution in [2.45, 2.75) is 64.6 Å². The summed E-state index contributed by atoms with van der Waals surface area (Å²) in [5, 5.41) is 8.87. The largest absolute Gasteiger partial charge is 0.352 e. The number of hydrogen-bond acceptors (Lipinski definition) is 3. The first-order valence-electron chi connectivity index (χ1n) is 6.86. The van der Waals surface area contributed by atoms with Gasteiger partial charge in [0.15, 0.2) is 0 Å². The van der Waals surface area contributed by atoms with Crippen molar-refractivity contribution in [2.24, 2.45) is 0 Å². The number of amides is 2. The Morgan fingerprint density at radius 1 is 1.32 bits per heavy atom. The van der Waals surface area contributed by atoms with Gasteiger partial charge in [-0.2, -0.15) is 0 Å². The summed E-state index contributed by atoms with van der Waals surface area (Å²) in [5.74, 6) is -0.168. The average Bonchev–Trinajstić information content (AvgIpc) is 2.81. The number of hydrogen-bond donors (Lipinski definition) is 3. The lowest BCUT2D eigenvalue weighted by Crippen LogP contribution is -2.48. The van der Waals surface area contributed by atoms with Crippen LogP contribution in [0.25, 0.3) is 0 Å². The molecule has 0 aromatic heterocycles. The van der Waals surface area contributed by atoms with Crippen LogP contribution in [0.5, 0.6) is 0 Å². The van der Waals surface area contributed by atoms with E-state index in [0.717, 1.165) is 25.8 Å². The molecular formula is C13H26ClN3O2. The van der Waals surface area contributed by atoms with Crippen LogP contribution in [0.3, 0.4) is 0 Å². The summed E-state index contributed by atoms with van der Waals surface area (Å²) in [6.07, 6.45) is 3.52. The zero-order valence-corrected chi connectivity index (χ0v) is 12.8. The van der Waals surface area contributed by atoms with E-state index in [1.807, 2.05) is 13.8 Å². The molecular weight excluding hydrogens is 266 g/mol. The Morgan fingerprint density at radius 3 is 2.53 bits per heavy atom. The van der Waals surface area contributed by atoms with Gasteiger partial charge in [0.05, 0.1) is 0 Å². The zero-order chi connectivity index (χ0) is 13.5. The molecule has 19 heavy (non-hydrogen) atoms. The molecule has 1 heterocycles. The normalized spacial score (nSPS) is 21.1. The first-order chi connectivity index (χ1) is 8.52. The molecule has 1 fully saturated rings. The van der Waals surface area contributed by atoms with E-state index in [1.165, 1.54) is 0 Å². The highest BCUT2D eigenvalue weighted by Gasteiger charge is 2.21. The highest BCUT2D eigenvalue weighted by atomic mass is 35.5. The van der Waals surface area contributed by atoms with Gasteiger partial charge in [0, 0.05) is 18.5 Å². The van der Waals surface area contributed by atoms with Gasteiger partial charge in [0.25, 0.3) is 0 Å². The van der Waals surface area contributed by atoms with Crippen LogP contribution in [0, 0.1) is 0 Å². The van der Waals surface area contributed by atoms with Gasteiger partial charge in [-0.15, -0.1) is 12.4 Å². The second kappa shape index (κ2) is 9.15. The fourth-order valence-electron chi connectivity index (χ4n) is 1.99. The molecule has 3 atom stereocenters. The van der Waals surface area contributed by atoms with Gasteiger partial charge in [-0.3, -0.25) is 9.59 Å². The third-order valence-corrected chi connectivity index (χ3v) is 3.37. The Labute approximate surface area is 121 Å². The number of halogens is 1. The quantitative estimate of drug-likeness (QED) is 0.683. The highest BCUT2D eigenvalue weighted by Crippen LogP contribution is 2.08. The van der Waals surface area contributed by atoms with E-state index in [9.17, 15) is 9.59 Å².